The summed E-state index contributed by atoms with van der Waals surface area (Å²) in [5, 5.41) is 12.5. The number of halogens is 1. The van der Waals surface area contributed by atoms with Gasteiger partial charge in [0.2, 0.25) is 5.91 Å². The van der Waals surface area contributed by atoms with E-state index in [9.17, 15) is 4.79 Å². The number of nitrogens with zero attached hydrogens (tertiary/aromatic N) is 3. The number of carbonyl (C=O) groups is 1. The quantitative estimate of drug-likeness (QED) is 0.310. The van der Waals surface area contributed by atoms with Crippen molar-refractivity contribution in [2.75, 3.05) is 5.32 Å². The lowest BCUT2D eigenvalue weighted by Crippen LogP contribution is -2.25. The SMILES string of the molecule is C=CCn1c(SC(CC)C(=O)Nc2ccccc2)nnc1C(C)Oc1ccccc1Cl. The first-order chi connectivity index (χ1) is 15.0. The third-order valence-corrected chi connectivity index (χ3v) is 6.17. The topological polar surface area (TPSA) is 69.0 Å². The van der Waals surface area contributed by atoms with Gasteiger partial charge >= 0.3 is 0 Å². The fraction of sp³-hybridized carbons (Fsp3) is 0.261. The van der Waals surface area contributed by atoms with Gasteiger partial charge in [0.15, 0.2) is 17.1 Å². The average Bonchev–Trinajstić information content (AvgIpc) is 3.17. The van der Waals surface area contributed by atoms with Crippen LogP contribution in [0, 0.1) is 0 Å². The number of hydrogen-bond acceptors (Lipinski definition) is 5. The predicted molar refractivity (Wildman–Crippen MR) is 126 cm³/mol. The van der Waals surface area contributed by atoms with Gasteiger partial charge in [-0.15, -0.1) is 16.8 Å². The van der Waals surface area contributed by atoms with E-state index >= 15 is 0 Å². The van der Waals surface area contributed by atoms with Crippen molar-refractivity contribution >= 4 is 35.0 Å². The van der Waals surface area contributed by atoms with Crippen molar-refractivity contribution in [2.24, 2.45) is 0 Å². The highest BCUT2D eigenvalue weighted by Gasteiger charge is 2.25. The molecule has 31 heavy (non-hydrogen) atoms. The highest BCUT2D eigenvalue weighted by Crippen LogP contribution is 2.31. The fourth-order valence-electron chi connectivity index (χ4n) is 2.97. The van der Waals surface area contributed by atoms with Gasteiger partial charge in [0.1, 0.15) is 5.75 Å². The number of amides is 1. The van der Waals surface area contributed by atoms with Crippen molar-refractivity contribution in [1.29, 1.82) is 0 Å². The Balaban J connectivity index is 1.77. The van der Waals surface area contributed by atoms with Gasteiger partial charge in [0.25, 0.3) is 0 Å². The maximum atomic E-state index is 12.8. The molecular weight excluding hydrogens is 432 g/mol. The minimum Gasteiger partial charge on any atom is -0.481 e. The van der Waals surface area contributed by atoms with Crippen LogP contribution in [0.5, 0.6) is 5.75 Å². The second-order valence-corrected chi connectivity index (χ2v) is 8.38. The second-order valence-electron chi connectivity index (χ2n) is 6.80. The van der Waals surface area contributed by atoms with Crippen LogP contribution in [0.4, 0.5) is 5.69 Å². The molecule has 8 heteroatoms. The average molecular weight is 457 g/mol. The van der Waals surface area contributed by atoms with Gasteiger partial charge in [-0.2, -0.15) is 0 Å². The summed E-state index contributed by atoms with van der Waals surface area (Å²) < 4.78 is 7.93. The van der Waals surface area contributed by atoms with Crippen molar-refractivity contribution < 1.29 is 9.53 Å². The van der Waals surface area contributed by atoms with E-state index in [-0.39, 0.29) is 17.3 Å². The van der Waals surface area contributed by atoms with Gasteiger partial charge in [0, 0.05) is 12.2 Å². The first-order valence-corrected chi connectivity index (χ1v) is 11.3. The first-order valence-electron chi connectivity index (χ1n) is 10.0. The van der Waals surface area contributed by atoms with Gasteiger partial charge in [-0.3, -0.25) is 9.36 Å². The molecule has 0 saturated carbocycles. The lowest BCUT2D eigenvalue weighted by Gasteiger charge is -2.18. The number of anilines is 1. The third-order valence-electron chi connectivity index (χ3n) is 4.51. The van der Waals surface area contributed by atoms with Crippen LogP contribution in [0.2, 0.25) is 5.02 Å². The number of aromatic nitrogens is 3. The molecule has 0 spiro atoms. The molecule has 6 nitrogen and oxygen atoms in total. The number of rotatable bonds is 10. The van der Waals surface area contributed by atoms with Crippen molar-refractivity contribution in [1.82, 2.24) is 14.8 Å². The molecule has 1 amide bonds. The highest BCUT2D eigenvalue weighted by molar-refractivity contribution is 8.00. The standard InChI is InChI=1S/C23H25ClN4O2S/c1-4-15-28-21(16(3)30-19-14-10-9-13-18(19)24)26-27-23(28)31-20(5-2)22(29)25-17-11-7-6-8-12-17/h4,6-14,16,20H,1,5,15H2,2-3H3,(H,25,29). The Labute approximate surface area is 191 Å². The summed E-state index contributed by atoms with van der Waals surface area (Å²) in [6.07, 6.45) is 2.02. The number of carbonyl (C=O) groups excluding carboxylic acids is 1. The van der Waals surface area contributed by atoms with Gasteiger partial charge in [0.05, 0.1) is 10.3 Å². The Bertz CT molecular complexity index is 1030. The number of thioether (sulfide) groups is 1. The van der Waals surface area contributed by atoms with E-state index in [1.807, 2.05) is 66.9 Å². The molecule has 2 aromatic carbocycles. The molecule has 0 aliphatic heterocycles. The van der Waals surface area contributed by atoms with Crippen LogP contribution in [0.1, 0.15) is 32.2 Å². The number of benzene rings is 2. The summed E-state index contributed by atoms with van der Waals surface area (Å²) in [6, 6.07) is 16.7. The monoisotopic (exact) mass is 456 g/mol. The summed E-state index contributed by atoms with van der Waals surface area (Å²) in [7, 11) is 0. The van der Waals surface area contributed by atoms with Gasteiger partial charge in [-0.05, 0) is 37.6 Å². The second kappa shape index (κ2) is 11.0. The maximum absolute atomic E-state index is 12.8. The Morgan fingerprint density at radius 1 is 1.23 bits per heavy atom. The van der Waals surface area contributed by atoms with Crippen LogP contribution in [-0.4, -0.2) is 25.9 Å². The molecule has 1 heterocycles. The molecule has 162 valence electrons. The Kier molecular flexibility index (Phi) is 8.14. The first kappa shape index (κ1) is 22.9. The molecule has 2 atom stereocenters. The third kappa shape index (κ3) is 5.89. The van der Waals surface area contributed by atoms with Crippen LogP contribution >= 0.6 is 23.4 Å². The number of para-hydroxylation sites is 2. The van der Waals surface area contributed by atoms with Crippen LogP contribution in [0.3, 0.4) is 0 Å². The molecular formula is C23H25ClN4O2S. The largest absolute Gasteiger partial charge is 0.481 e. The van der Waals surface area contributed by atoms with Crippen molar-refractivity contribution in [3.63, 3.8) is 0 Å². The van der Waals surface area contributed by atoms with Crippen LogP contribution in [0.25, 0.3) is 0 Å². The highest BCUT2D eigenvalue weighted by atomic mass is 35.5. The lowest BCUT2D eigenvalue weighted by atomic mass is 10.3. The van der Waals surface area contributed by atoms with Gasteiger partial charge in [-0.25, -0.2) is 0 Å². The van der Waals surface area contributed by atoms with Crippen LogP contribution < -0.4 is 10.1 Å². The number of allylic oxidation sites excluding steroid dienone is 1. The molecule has 2 unspecified atom stereocenters. The van der Waals surface area contributed by atoms with Crippen molar-refractivity contribution in [2.45, 2.75) is 43.3 Å². The minimum absolute atomic E-state index is 0.0752. The molecule has 1 aromatic heterocycles. The summed E-state index contributed by atoms with van der Waals surface area (Å²) >= 11 is 7.60. The van der Waals surface area contributed by atoms with E-state index in [1.54, 1.807) is 12.1 Å². The Hall–Kier alpha value is -2.77. The Morgan fingerprint density at radius 2 is 1.94 bits per heavy atom. The van der Waals surface area contributed by atoms with Gasteiger partial charge in [-0.1, -0.05) is 66.7 Å². The molecule has 3 rings (SSSR count). The van der Waals surface area contributed by atoms with E-state index in [0.717, 1.165) is 5.69 Å². The molecule has 0 aliphatic rings. The van der Waals surface area contributed by atoms with Crippen molar-refractivity contribution in [3.05, 3.63) is 78.1 Å². The molecule has 0 fully saturated rings. The number of nitrogens with one attached hydrogen (secondary N) is 1. The number of hydrogen-bond donors (Lipinski definition) is 1. The normalized spacial score (nSPS) is 12.7. The summed E-state index contributed by atoms with van der Waals surface area (Å²) in [6.45, 7) is 8.20. The predicted octanol–water partition coefficient (Wildman–Crippen LogP) is 5.77. The summed E-state index contributed by atoms with van der Waals surface area (Å²) in [5.41, 5.74) is 0.765. The Morgan fingerprint density at radius 3 is 2.61 bits per heavy atom. The summed E-state index contributed by atoms with van der Waals surface area (Å²) in [4.78, 5) is 12.8. The number of ether oxygens (including phenoxy) is 1. The molecule has 0 aliphatic carbocycles. The van der Waals surface area contributed by atoms with E-state index in [2.05, 4.69) is 22.1 Å². The van der Waals surface area contributed by atoms with Crippen LogP contribution in [0.15, 0.2) is 72.4 Å². The molecule has 1 N–H and O–H groups in total. The van der Waals surface area contributed by atoms with E-state index in [1.165, 1.54) is 11.8 Å². The molecule has 3 aromatic rings. The molecule has 0 bridgehead atoms. The minimum atomic E-state index is -0.389. The van der Waals surface area contributed by atoms with Crippen molar-refractivity contribution in [3.8, 4) is 5.75 Å². The maximum Gasteiger partial charge on any atom is 0.237 e. The van der Waals surface area contributed by atoms with Crippen LogP contribution in [-0.2, 0) is 11.3 Å². The lowest BCUT2D eigenvalue weighted by molar-refractivity contribution is -0.115. The smallest absolute Gasteiger partial charge is 0.237 e. The fourth-order valence-corrected chi connectivity index (χ4v) is 4.12. The van der Waals surface area contributed by atoms with E-state index < -0.39 is 0 Å². The zero-order valence-corrected chi connectivity index (χ0v) is 19.1. The zero-order valence-electron chi connectivity index (χ0n) is 17.5. The van der Waals surface area contributed by atoms with Gasteiger partial charge < -0.3 is 10.1 Å². The van der Waals surface area contributed by atoms with E-state index in [0.29, 0.717) is 34.7 Å². The molecule has 0 saturated heterocycles. The zero-order chi connectivity index (χ0) is 22.2. The summed E-state index contributed by atoms with van der Waals surface area (Å²) in [5.74, 6) is 1.14. The molecule has 0 radical (unpaired) electrons. The van der Waals surface area contributed by atoms with E-state index in [4.69, 9.17) is 16.3 Å².